The third-order valence-corrected chi connectivity index (χ3v) is 4.31. The summed E-state index contributed by atoms with van der Waals surface area (Å²) in [6.07, 6.45) is 1.50. The molecule has 0 bridgehead atoms. The van der Waals surface area contributed by atoms with E-state index in [9.17, 15) is 9.59 Å². The molecule has 2 heterocycles. The van der Waals surface area contributed by atoms with Crippen LogP contribution in [-0.2, 0) is 4.79 Å². The summed E-state index contributed by atoms with van der Waals surface area (Å²) in [6, 6.07) is 7.84. The van der Waals surface area contributed by atoms with E-state index in [0.717, 1.165) is 24.2 Å². The molecule has 112 valence electrons. The number of hydrogen-bond acceptors (Lipinski definition) is 3. The topological polar surface area (TPSA) is 52.7 Å². The van der Waals surface area contributed by atoms with Crippen molar-refractivity contribution >= 4 is 17.5 Å². The number of benzene rings is 1. The van der Waals surface area contributed by atoms with E-state index in [0.29, 0.717) is 26.1 Å². The Balaban J connectivity index is 1.76. The third-order valence-electron chi connectivity index (χ3n) is 4.31. The minimum atomic E-state index is 0.0607. The van der Waals surface area contributed by atoms with Crippen LogP contribution in [0.1, 0.15) is 30.1 Å². The minimum Gasteiger partial charge on any atom is -0.385 e. The molecule has 2 saturated heterocycles. The van der Waals surface area contributed by atoms with Crippen molar-refractivity contribution in [3.05, 3.63) is 29.8 Å². The average molecular weight is 287 g/mol. The Morgan fingerprint density at radius 1 is 1.33 bits per heavy atom. The van der Waals surface area contributed by atoms with Crippen molar-refractivity contribution in [3.63, 3.8) is 0 Å². The van der Waals surface area contributed by atoms with Gasteiger partial charge < -0.3 is 15.1 Å². The van der Waals surface area contributed by atoms with E-state index in [4.69, 9.17) is 0 Å². The lowest BCUT2D eigenvalue weighted by molar-refractivity contribution is -0.130. The fourth-order valence-corrected chi connectivity index (χ4v) is 3.23. The van der Waals surface area contributed by atoms with Gasteiger partial charge in [0.25, 0.3) is 5.91 Å². The van der Waals surface area contributed by atoms with Crippen molar-refractivity contribution in [1.29, 1.82) is 0 Å². The standard InChI is InChI=1S/C16H21N3O2/c1-2-17-14-6-4-3-5-13(14)16(21)18-9-10-19-12(11-18)7-8-15(19)20/h3-6,12,17H,2,7-11H2,1H3. The Hall–Kier alpha value is -2.04. The number of carbonyl (C=O) groups excluding carboxylic acids is 2. The van der Waals surface area contributed by atoms with Gasteiger partial charge in [-0.15, -0.1) is 0 Å². The number of carbonyl (C=O) groups is 2. The summed E-state index contributed by atoms with van der Waals surface area (Å²) < 4.78 is 0. The van der Waals surface area contributed by atoms with E-state index in [1.807, 2.05) is 41.0 Å². The number of amides is 2. The van der Waals surface area contributed by atoms with E-state index in [-0.39, 0.29) is 17.9 Å². The second kappa shape index (κ2) is 5.76. The molecule has 1 aromatic carbocycles. The van der Waals surface area contributed by atoms with E-state index in [1.54, 1.807) is 0 Å². The van der Waals surface area contributed by atoms with Gasteiger partial charge in [0, 0.05) is 44.3 Å². The third kappa shape index (κ3) is 2.60. The van der Waals surface area contributed by atoms with E-state index < -0.39 is 0 Å². The molecule has 2 amide bonds. The summed E-state index contributed by atoms with van der Waals surface area (Å²) in [6.45, 7) is 4.75. The Morgan fingerprint density at radius 2 is 2.14 bits per heavy atom. The lowest BCUT2D eigenvalue weighted by Gasteiger charge is -2.37. The van der Waals surface area contributed by atoms with Gasteiger partial charge in [0.05, 0.1) is 5.56 Å². The highest BCUT2D eigenvalue weighted by Crippen LogP contribution is 2.25. The first kappa shape index (κ1) is 13.9. The lowest BCUT2D eigenvalue weighted by atomic mass is 10.1. The van der Waals surface area contributed by atoms with Crippen molar-refractivity contribution < 1.29 is 9.59 Å². The van der Waals surface area contributed by atoms with Crippen LogP contribution in [0.5, 0.6) is 0 Å². The summed E-state index contributed by atoms with van der Waals surface area (Å²) in [7, 11) is 0. The molecule has 21 heavy (non-hydrogen) atoms. The molecule has 5 heteroatoms. The zero-order valence-corrected chi connectivity index (χ0v) is 12.3. The van der Waals surface area contributed by atoms with Crippen LogP contribution in [-0.4, -0.2) is 53.8 Å². The second-order valence-corrected chi connectivity index (χ2v) is 5.61. The number of anilines is 1. The van der Waals surface area contributed by atoms with Crippen LogP contribution >= 0.6 is 0 Å². The Bertz CT molecular complexity index is 558. The number of para-hydroxylation sites is 1. The maximum Gasteiger partial charge on any atom is 0.256 e. The van der Waals surface area contributed by atoms with Crippen LogP contribution in [0.3, 0.4) is 0 Å². The predicted octanol–water partition coefficient (Wildman–Crippen LogP) is 1.57. The maximum atomic E-state index is 12.7. The molecule has 2 fully saturated rings. The van der Waals surface area contributed by atoms with Gasteiger partial charge in [-0.05, 0) is 25.5 Å². The predicted molar refractivity (Wildman–Crippen MR) is 81.2 cm³/mol. The summed E-state index contributed by atoms with van der Waals surface area (Å²) in [5.74, 6) is 0.297. The molecule has 1 N–H and O–H groups in total. The Morgan fingerprint density at radius 3 is 2.95 bits per heavy atom. The van der Waals surface area contributed by atoms with E-state index >= 15 is 0 Å². The first-order valence-corrected chi connectivity index (χ1v) is 7.62. The molecule has 0 spiro atoms. The molecule has 5 nitrogen and oxygen atoms in total. The number of rotatable bonds is 3. The summed E-state index contributed by atoms with van der Waals surface area (Å²) in [4.78, 5) is 28.3. The largest absolute Gasteiger partial charge is 0.385 e. The van der Waals surface area contributed by atoms with Crippen LogP contribution in [0.15, 0.2) is 24.3 Å². The molecule has 0 saturated carbocycles. The highest BCUT2D eigenvalue weighted by Gasteiger charge is 2.37. The molecule has 0 radical (unpaired) electrons. The Labute approximate surface area is 124 Å². The minimum absolute atomic E-state index is 0.0607. The first-order chi connectivity index (χ1) is 10.2. The van der Waals surface area contributed by atoms with Crippen molar-refractivity contribution in [2.45, 2.75) is 25.8 Å². The summed E-state index contributed by atoms with van der Waals surface area (Å²) in [5, 5.41) is 3.24. The Kier molecular flexibility index (Phi) is 3.82. The molecule has 1 aromatic rings. The van der Waals surface area contributed by atoms with Crippen LogP contribution < -0.4 is 5.32 Å². The van der Waals surface area contributed by atoms with Gasteiger partial charge in [0.1, 0.15) is 0 Å². The van der Waals surface area contributed by atoms with Gasteiger partial charge in [-0.3, -0.25) is 9.59 Å². The summed E-state index contributed by atoms with van der Waals surface area (Å²) in [5.41, 5.74) is 1.60. The fourth-order valence-electron chi connectivity index (χ4n) is 3.23. The van der Waals surface area contributed by atoms with Gasteiger partial charge in [-0.25, -0.2) is 0 Å². The SMILES string of the molecule is CCNc1ccccc1C(=O)N1CCN2C(=O)CCC2C1. The molecule has 2 aliphatic rings. The first-order valence-electron chi connectivity index (χ1n) is 7.62. The normalized spacial score (nSPS) is 21.4. The quantitative estimate of drug-likeness (QED) is 0.918. The summed E-state index contributed by atoms with van der Waals surface area (Å²) >= 11 is 0. The monoisotopic (exact) mass is 287 g/mol. The van der Waals surface area contributed by atoms with Crippen molar-refractivity contribution in [1.82, 2.24) is 9.80 Å². The average Bonchev–Trinajstić information content (AvgIpc) is 2.88. The van der Waals surface area contributed by atoms with Gasteiger partial charge in [-0.2, -0.15) is 0 Å². The maximum absolute atomic E-state index is 12.7. The molecular formula is C16H21N3O2. The van der Waals surface area contributed by atoms with Gasteiger partial charge in [0.2, 0.25) is 5.91 Å². The zero-order valence-electron chi connectivity index (χ0n) is 12.3. The number of nitrogens with one attached hydrogen (secondary N) is 1. The van der Waals surface area contributed by atoms with Crippen LogP contribution in [0.25, 0.3) is 0 Å². The van der Waals surface area contributed by atoms with E-state index in [1.165, 1.54) is 0 Å². The molecule has 2 aliphatic heterocycles. The molecule has 1 unspecified atom stereocenters. The zero-order chi connectivity index (χ0) is 14.8. The number of hydrogen-bond donors (Lipinski definition) is 1. The van der Waals surface area contributed by atoms with Crippen molar-refractivity contribution in [2.75, 3.05) is 31.5 Å². The smallest absolute Gasteiger partial charge is 0.256 e. The molecule has 0 aromatic heterocycles. The second-order valence-electron chi connectivity index (χ2n) is 5.61. The van der Waals surface area contributed by atoms with Gasteiger partial charge in [0.15, 0.2) is 0 Å². The van der Waals surface area contributed by atoms with Crippen LogP contribution in [0.4, 0.5) is 5.69 Å². The number of nitrogens with zero attached hydrogens (tertiary/aromatic N) is 2. The van der Waals surface area contributed by atoms with E-state index in [2.05, 4.69) is 5.32 Å². The van der Waals surface area contributed by atoms with Gasteiger partial charge >= 0.3 is 0 Å². The fraction of sp³-hybridized carbons (Fsp3) is 0.500. The highest BCUT2D eigenvalue weighted by atomic mass is 16.2. The molecular weight excluding hydrogens is 266 g/mol. The van der Waals surface area contributed by atoms with Gasteiger partial charge in [-0.1, -0.05) is 12.1 Å². The lowest BCUT2D eigenvalue weighted by Crippen LogP contribution is -2.53. The molecule has 3 rings (SSSR count). The molecule has 1 atom stereocenters. The van der Waals surface area contributed by atoms with Crippen LogP contribution in [0, 0.1) is 0 Å². The number of piperazine rings is 1. The van der Waals surface area contributed by atoms with Crippen LogP contribution in [0.2, 0.25) is 0 Å². The number of fused-ring (bicyclic) bond motifs is 1. The molecule has 0 aliphatic carbocycles. The highest BCUT2D eigenvalue weighted by molar-refractivity contribution is 5.99. The van der Waals surface area contributed by atoms with Crippen molar-refractivity contribution in [3.8, 4) is 0 Å². The van der Waals surface area contributed by atoms with Crippen molar-refractivity contribution in [2.24, 2.45) is 0 Å².